The van der Waals surface area contributed by atoms with Crippen molar-refractivity contribution >= 4 is 17.5 Å². The van der Waals surface area contributed by atoms with Gasteiger partial charge in [0.25, 0.3) is 0 Å². The van der Waals surface area contributed by atoms with Gasteiger partial charge in [-0.3, -0.25) is 9.69 Å². The second-order valence-corrected chi connectivity index (χ2v) is 7.69. The van der Waals surface area contributed by atoms with E-state index in [2.05, 4.69) is 26.7 Å². The third-order valence-corrected chi connectivity index (χ3v) is 5.69. The summed E-state index contributed by atoms with van der Waals surface area (Å²) in [5, 5.41) is 3.69. The second-order valence-electron chi connectivity index (χ2n) is 7.28. The van der Waals surface area contributed by atoms with Crippen molar-refractivity contribution in [3.8, 4) is 0 Å². The summed E-state index contributed by atoms with van der Waals surface area (Å²) < 4.78 is 2.20. The summed E-state index contributed by atoms with van der Waals surface area (Å²) in [7, 11) is 0. The molecule has 2 heterocycles. The minimum absolute atomic E-state index is 0.105. The Labute approximate surface area is 166 Å². The molecule has 0 radical (unpaired) electrons. The fourth-order valence-electron chi connectivity index (χ4n) is 3.77. The molecule has 1 atom stereocenters. The van der Waals surface area contributed by atoms with Crippen LogP contribution in [0.15, 0.2) is 36.7 Å². The second kappa shape index (κ2) is 9.90. The van der Waals surface area contributed by atoms with Crippen LogP contribution in [0.1, 0.15) is 44.0 Å². The molecule has 1 aromatic heterocycles. The van der Waals surface area contributed by atoms with Crippen LogP contribution in [0.2, 0.25) is 5.02 Å². The maximum absolute atomic E-state index is 12.2. The number of nitrogens with zero attached hydrogens (tertiary/aromatic N) is 3. The molecule has 27 heavy (non-hydrogen) atoms. The van der Waals surface area contributed by atoms with Gasteiger partial charge < -0.3 is 9.88 Å². The van der Waals surface area contributed by atoms with E-state index in [-0.39, 0.29) is 5.91 Å². The number of hydrogen-bond donors (Lipinski definition) is 1. The van der Waals surface area contributed by atoms with E-state index in [1.165, 1.54) is 12.8 Å². The molecule has 6 heteroatoms. The van der Waals surface area contributed by atoms with Crippen molar-refractivity contribution in [1.82, 2.24) is 19.8 Å². The Morgan fingerprint density at radius 2 is 2.22 bits per heavy atom. The van der Waals surface area contributed by atoms with Gasteiger partial charge >= 0.3 is 0 Å². The molecule has 0 bridgehead atoms. The van der Waals surface area contributed by atoms with Crippen molar-refractivity contribution in [1.29, 1.82) is 0 Å². The number of likely N-dealkylation sites (tertiary alicyclic amines) is 1. The van der Waals surface area contributed by atoms with Gasteiger partial charge in [-0.2, -0.15) is 0 Å². The smallest absolute Gasteiger partial charge is 0.220 e. The highest BCUT2D eigenvalue weighted by Gasteiger charge is 2.21. The molecule has 0 aliphatic carbocycles. The number of aryl methyl sites for hydroxylation is 1. The SMILES string of the molecule is CCn1ccnc1CN1CCC[C@@H](CCC(=O)NCc2ccccc2Cl)C1. The number of carbonyl (C=O) groups excluding carboxylic acids is 1. The molecule has 146 valence electrons. The summed E-state index contributed by atoms with van der Waals surface area (Å²) in [5.74, 6) is 1.82. The Morgan fingerprint density at radius 3 is 3.04 bits per heavy atom. The quantitative estimate of drug-likeness (QED) is 0.746. The largest absolute Gasteiger partial charge is 0.352 e. The normalized spacial score (nSPS) is 17.8. The van der Waals surface area contributed by atoms with Crippen molar-refractivity contribution in [3.63, 3.8) is 0 Å². The first-order chi connectivity index (χ1) is 13.2. The first-order valence-electron chi connectivity index (χ1n) is 9.88. The summed E-state index contributed by atoms with van der Waals surface area (Å²) >= 11 is 6.14. The molecule has 1 aromatic carbocycles. The predicted molar refractivity (Wildman–Crippen MR) is 108 cm³/mol. The molecule has 1 saturated heterocycles. The Bertz CT molecular complexity index is 745. The molecular formula is C21H29ClN4O. The van der Waals surface area contributed by atoms with Crippen LogP contribution < -0.4 is 5.32 Å². The average Bonchev–Trinajstić information content (AvgIpc) is 3.13. The molecule has 2 aromatic rings. The Hall–Kier alpha value is -1.85. The van der Waals surface area contributed by atoms with Crippen LogP contribution >= 0.6 is 11.6 Å². The molecule has 1 aliphatic heterocycles. The maximum Gasteiger partial charge on any atom is 0.220 e. The number of amides is 1. The topological polar surface area (TPSA) is 50.2 Å². The number of hydrogen-bond acceptors (Lipinski definition) is 3. The first-order valence-corrected chi connectivity index (χ1v) is 10.3. The number of benzene rings is 1. The summed E-state index contributed by atoms with van der Waals surface area (Å²) in [5.41, 5.74) is 0.961. The van der Waals surface area contributed by atoms with Crippen LogP contribution in [0.25, 0.3) is 0 Å². The van der Waals surface area contributed by atoms with Gasteiger partial charge in [-0.25, -0.2) is 4.98 Å². The summed E-state index contributed by atoms with van der Waals surface area (Å²) in [6.07, 6.45) is 7.83. The maximum atomic E-state index is 12.2. The lowest BCUT2D eigenvalue weighted by Gasteiger charge is -2.32. The van der Waals surface area contributed by atoms with Crippen molar-refractivity contribution in [3.05, 3.63) is 53.1 Å². The number of piperidine rings is 1. The zero-order valence-corrected chi connectivity index (χ0v) is 16.8. The van der Waals surface area contributed by atoms with E-state index >= 15 is 0 Å². The lowest BCUT2D eigenvalue weighted by atomic mass is 9.93. The lowest BCUT2D eigenvalue weighted by molar-refractivity contribution is -0.121. The molecule has 1 N–H and O–H groups in total. The Balaban J connectivity index is 1.41. The van der Waals surface area contributed by atoms with Gasteiger partial charge in [-0.05, 0) is 50.3 Å². The van der Waals surface area contributed by atoms with Gasteiger partial charge in [0.05, 0.1) is 6.54 Å². The number of nitrogens with one attached hydrogen (secondary N) is 1. The monoisotopic (exact) mass is 388 g/mol. The highest BCUT2D eigenvalue weighted by atomic mass is 35.5. The van der Waals surface area contributed by atoms with Gasteiger partial charge in [-0.1, -0.05) is 29.8 Å². The molecule has 0 spiro atoms. The number of aromatic nitrogens is 2. The fraction of sp³-hybridized carbons (Fsp3) is 0.524. The first kappa shape index (κ1) is 19.9. The van der Waals surface area contributed by atoms with E-state index in [1.54, 1.807) is 0 Å². The van der Waals surface area contributed by atoms with Crippen molar-refractivity contribution < 1.29 is 4.79 Å². The fourth-order valence-corrected chi connectivity index (χ4v) is 3.97. The zero-order chi connectivity index (χ0) is 19.1. The van der Waals surface area contributed by atoms with Crippen LogP contribution in [0, 0.1) is 5.92 Å². The summed E-state index contributed by atoms with van der Waals surface area (Å²) in [6.45, 7) is 6.66. The van der Waals surface area contributed by atoms with Crippen molar-refractivity contribution in [2.75, 3.05) is 13.1 Å². The van der Waals surface area contributed by atoms with E-state index < -0.39 is 0 Å². The lowest BCUT2D eigenvalue weighted by Crippen LogP contribution is -2.36. The molecular weight excluding hydrogens is 360 g/mol. The van der Waals surface area contributed by atoms with Crippen LogP contribution in [0.5, 0.6) is 0 Å². The van der Waals surface area contributed by atoms with E-state index in [1.807, 2.05) is 36.7 Å². The van der Waals surface area contributed by atoms with Crippen LogP contribution in [0.3, 0.4) is 0 Å². The average molecular weight is 389 g/mol. The standard InChI is InChI=1S/C21H29ClN4O/c1-2-26-13-11-23-20(26)16-25-12-5-6-17(15-25)9-10-21(27)24-14-18-7-3-4-8-19(18)22/h3-4,7-8,11,13,17H,2,5-6,9-10,12,14-16H2,1H3,(H,24,27)/t17-/m0/s1. The third-order valence-electron chi connectivity index (χ3n) is 5.32. The minimum Gasteiger partial charge on any atom is -0.352 e. The molecule has 1 aliphatic rings. The molecule has 5 nitrogen and oxygen atoms in total. The molecule has 1 fully saturated rings. The molecule has 0 saturated carbocycles. The minimum atomic E-state index is 0.105. The number of halogens is 1. The van der Waals surface area contributed by atoms with Gasteiger partial charge in [0.1, 0.15) is 5.82 Å². The van der Waals surface area contributed by atoms with E-state index in [0.29, 0.717) is 23.9 Å². The van der Waals surface area contributed by atoms with Crippen LogP contribution in [0.4, 0.5) is 0 Å². The summed E-state index contributed by atoms with van der Waals surface area (Å²) in [4.78, 5) is 19.2. The number of imidazole rings is 1. The summed E-state index contributed by atoms with van der Waals surface area (Å²) in [6, 6.07) is 7.63. The van der Waals surface area contributed by atoms with Crippen molar-refractivity contribution in [2.45, 2.75) is 52.2 Å². The molecule has 0 unspecified atom stereocenters. The Kier molecular flexibility index (Phi) is 7.30. The van der Waals surface area contributed by atoms with Gasteiger partial charge in [0.15, 0.2) is 0 Å². The highest BCUT2D eigenvalue weighted by molar-refractivity contribution is 6.31. The Morgan fingerprint density at radius 1 is 1.37 bits per heavy atom. The molecule has 3 rings (SSSR count). The van der Waals surface area contributed by atoms with E-state index in [4.69, 9.17) is 11.6 Å². The van der Waals surface area contributed by atoms with E-state index in [0.717, 1.165) is 44.0 Å². The van der Waals surface area contributed by atoms with Gasteiger partial charge in [0.2, 0.25) is 5.91 Å². The van der Waals surface area contributed by atoms with Gasteiger partial charge in [-0.15, -0.1) is 0 Å². The van der Waals surface area contributed by atoms with Crippen molar-refractivity contribution in [2.24, 2.45) is 5.92 Å². The van der Waals surface area contributed by atoms with Gasteiger partial charge in [0, 0.05) is 43.5 Å². The predicted octanol–water partition coefficient (Wildman–Crippen LogP) is 3.87. The number of rotatable bonds is 8. The van der Waals surface area contributed by atoms with Crippen LogP contribution in [-0.2, 0) is 24.4 Å². The molecule has 1 amide bonds. The number of carbonyl (C=O) groups is 1. The van der Waals surface area contributed by atoms with E-state index in [9.17, 15) is 4.79 Å². The zero-order valence-electron chi connectivity index (χ0n) is 16.0. The highest BCUT2D eigenvalue weighted by Crippen LogP contribution is 2.22. The van der Waals surface area contributed by atoms with Crippen LogP contribution in [-0.4, -0.2) is 33.4 Å². The third kappa shape index (κ3) is 5.81.